The molecule has 0 aliphatic rings. The van der Waals surface area contributed by atoms with E-state index < -0.39 is 29.4 Å². The maximum Gasteiger partial charge on any atom is 0.412 e. The SMILES string of the molecule is CC(C)SC([PH2]=S)(SC(C)C)N(C(=O)OCc1ccccc1)C(CCCl)C(=O)O. The van der Waals surface area contributed by atoms with Crippen molar-refractivity contribution in [3.05, 3.63) is 35.9 Å². The molecule has 0 fully saturated rings. The van der Waals surface area contributed by atoms with E-state index in [1.54, 1.807) is 0 Å². The van der Waals surface area contributed by atoms with Gasteiger partial charge in [0.2, 0.25) is 0 Å². The van der Waals surface area contributed by atoms with E-state index in [0.29, 0.717) is 0 Å². The van der Waals surface area contributed by atoms with Crippen LogP contribution < -0.4 is 0 Å². The molecule has 1 N–H and O–H groups in total. The number of ether oxygens (including phenoxy) is 1. The van der Waals surface area contributed by atoms with E-state index in [-0.39, 0.29) is 29.4 Å². The third-order valence-electron chi connectivity index (χ3n) is 3.67. The molecule has 0 aromatic heterocycles. The number of nitrogens with zero attached hydrogens (tertiary/aromatic N) is 1. The number of aliphatic carboxylic acids is 1. The maximum atomic E-state index is 13.2. The Labute approximate surface area is 193 Å². The summed E-state index contributed by atoms with van der Waals surface area (Å²) in [6.07, 6.45) is -0.560. The topological polar surface area (TPSA) is 66.8 Å². The van der Waals surface area contributed by atoms with Gasteiger partial charge in [-0.2, -0.15) is 0 Å². The molecule has 0 spiro atoms. The summed E-state index contributed by atoms with van der Waals surface area (Å²) in [7, 11) is -0.716. The molecule has 0 bridgehead atoms. The Morgan fingerprint density at radius 1 is 1.21 bits per heavy atom. The van der Waals surface area contributed by atoms with Crippen molar-refractivity contribution in [1.82, 2.24) is 4.90 Å². The fourth-order valence-electron chi connectivity index (χ4n) is 2.66. The fraction of sp³-hybridized carbons (Fsp3) is 0.579. The number of thioether (sulfide) groups is 2. The highest BCUT2D eigenvalue weighted by molar-refractivity contribution is 8.27. The average Bonchev–Trinajstić information content (AvgIpc) is 2.65. The molecule has 2 unspecified atom stereocenters. The summed E-state index contributed by atoms with van der Waals surface area (Å²) in [5.41, 5.74) is 0.828. The van der Waals surface area contributed by atoms with Crippen LogP contribution in [0.1, 0.15) is 39.7 Å². The van der Waals surface area contributed by atoms with Crippen LogP contribution in [0.15, 0.2) is 30.3 Å². The fourth-order valence-corrected chi connectivity index (χ4v) is 10.0. The summed E-state index contributed by atoms with van der Waals surface area (Å²) >= 11 is 14.5. The molecular formula is C19H29ClNO4PS3. The van der Waals surface area contributed by atoms with Crippen molar-refractivity contribution in [2.45, 2.75) is 61.2 Å². The van der Waals surface area contributed by atoms with Crippen LogP contribution in [0.25, 0.3) is 0 Å². The molecular weight excluding hydrogens is 469 g/mol. The first-order valence-corrected chi connectivity index (χ1v) is 14.0. The van der Waals surface area contributed by atoms with Crippen molar-refractivity contribution in [1.29, 1.82) is 0 Å². The minimum atomic E-state index is -1.11. The highest BCUT2D eigenvalue weighted by Gasteiger charge is 2.47. The summed E-state index contributed by atoms with van der Waals surface area (Å²) in [5.74, 6) is -0.996. The number of carbonyl (C=O) groups excluding carboxylic acids is 1. The van der Waals surface area contributed by atoms with Crippen molar-refractivity contribution in [2.75, 3.05) is 5.88 Å². The molecule has 0 heterocycles. The number of halogens is 1. The smallest absolute Gasteiger partial charge is 0.412 e. The van der Waals surface area contributed by atoms with Crippen molar-refractivity contribution >= 4 is 66.4 Å². The number of rotatable bonds is 12. The minimum Gasteiger partial charge on any atom is -0.480 e. The molecule has 5 nitrogen and oxygen atoms in total. The predicted octanol–water partition coefficient (Wildman–Crippen LogP) is 5.47. The van der Waals surface area contributed by atoms with E-state index in [2.05, 4.69) is 0 Å². The number of benzene rings is 1. The highest BCUT2D eigenvalue weighted by Crippen LogP contribution is 2.53. The van der Waals surface area contributed by atoms with Gasteiger partial charge in [0.1, 0.15) is 12.6 Å². The Bertz CT molecular complexity index is 669. The zero-order valence-electron chi connectivity index (χ0n) is 17.0. The van der Waals surface area contributed by atoms with Crippen LogP contribution in [0.3, 0.4) is 0 Å². The zero-order chi connectivity index (χ0) is 22.0. The second-order valence-electron chi connectivity index (χ2n) is 6.82. The Morgan fingerprint density at radius 2 is 1.76 bits per heavy atom. The molecule has 0 radical (unpaired) electrons. The number of carboxylic acid groups (broad SMARTS) is 1. The van der Waals surface area contributed by atoms with Gasteiger partial charge in [-0.1, -0.05) is 69.8 Å². The Kier molecular flexibility index (Phi) is 12.0. The van der Waals surface area contributed by atoms with E-state index in [1.165, 1.54) is 28.4 Å². The van der Waals surface area contributed by atoms with E-state index >= 15 is 0 Å². The van der Waals surface area contributed by atoms with Crippen LogP contribution >= 0.6 is 42.5 Å². The minimum absolute atomic E-state index is 0.0604. The Morgan fingerprint density at radius 3 is 2.17 bits per heavy atom. The summed E-state index contributed by atoms with van der Waals surface area (Å²) in [6, 6.07) is 8.18. The zero-order valence-corrected chi connectivity index (χ0v) is 21.4. The van der Waals surface area contributed by atoms with Gasteiger partial charge >= 0.3 is 12.1 Å². The molecule has 0 saturated heterocycles. The van der Waals surface area contributed by atoms with Crippen molar-refractivity contribution < 1.29 is 19.4 Å². The number of alkyl halides is 1. The van der Waals surface area contributed by atoms with Crippen molar-refractivity contribution in [3.63, 3.8) is 0 Å². The Balaban J connectivity index is 3.35. The van der Waals surface area contributed by atoms with Gasteiger partial charge in [0, 0.05) is 16.4 Å². The van der Waals surface area contributed by atoms with Gasteiger partial charge in [0.05, 0.1) is 0 Å². The Hall–Kier alpha value is -0.400. The third-order valence-corrected chi connectivity index (χ3v) is 10.5. The monoisotopic (exact) mass is 497 g/mol. The van der Waals surface area contributed by atoms with Gasteiger partial charge in [-0.05, 0) is 19.3 Å². The van der Waals surface area contributed by atoms with Crippen LogP contribution in [0.5, 0.6) is 0 Å². The van der Waals surface area contributed by atoms with Crippen LogP contribution in [-0.2, 0) is 27.9 Å². The molecule has 1 amide bonds. The molecule has 1 aromatic carbocycles. The van der Waals surface area contributed by atoms with E-state index in [1.807, 2.05) is 58.0 Å². The molecule has 1 aromatic rings. The van der Waals surface area contributed by atoms with E-state index in [4.69, 9.17) is 28.1 Å². The maximum absolute atomic E-state index is 13.2. The van der Waals surface area contributed by atoms with E-state index in [0.717, 1.165) is 5.56 Å². The third kappa shape index (κ3) is 8.33. The lowest BCUT2D eigenvalue weighted by Crippen LogP contribution is -2.54. The lowest BCUT2D eigenvalue weighted by molar-refractivity contribution is -0.142. The second kappa shape index (κ2) is 13.1. The van der Waals surface area contributed by atoms with Gasteiger partial charge in [-0.15, -0.1) is 35.1 Å². The summed E-state index contributed by atoms with van der Waals surface area (Å²) < 4.78 is 4.69. The second-order valence-corrected chi connectivity index (χ2v) is 13.7. The number of hydrogen-bond donors (Lipinski definition) is 1. The van der Waals surface area contributed by atoms with Gasteiger partial charge in [0.15, 0.2) is 3.94 Å². The van der Waals surface area contributed by atoms with Crippen molar-refractivity contribution in [2.24, 2.45) is 0 Å². The standard InChI is InChI=1S/C19H29ClNO4PS3/c1-13(2)28-19(26-27,29-14(3)4)21(16(10-11-20)17(22)23)18(24)25-12-15-8-6-5-7-9-15/h5-9,13-14,16H,10-12,26H2,1-4H3,(H,22,23). The van der Waals surface area contributed by atoms with Crippen LogP contribution in [0.4, 0.5) is 4.79 Å². The number of carbonyl (C=O) groups is 2. The highest BCUT2D eigenvalue weighted by atomic mass is 35.5. The molecule has 164 valence electrons. The largest absolute Gasteiger partial charge is 0.480 e. The van der Waals surface area contributed by atoms with E-state index in [9.17, 15) is 14.7 Å². The normalized spacial score (nSPS) is 13.2. The van der Waals surface area contributed by atoms with Crippen LogP contribution in [0.2, 0.25) is 0 Å². The molecule has 0 aliphatic carbocycles. The number of carboxylic acids is 1. The molecule has 29 heavy (non-hydrogen) atoms. The molecule has 0 aliphatic heterocycles. The quantitative estimate of drug-likeness (QED) is 0.233. The van der Waals surface area contributed by atoms with Gasteiger partial charge in [-0.25, -0.2) is 9.59 Å². The summed E-state index contributed by atoms with van der Waals surface area (Å²) in [6.45, 7) is 8.10. The van der Waals surface area contributed by atoms with Gasteiger partial charge < -0.3 is 9.84 Å². The molecule has 1 rings (SSSR count). The van der Waals surface area contributed by atoms with Gasteiger partial charge in [-0.3, -0.25) is 4.90 Å². The molecule has 10 heteroatoms. The summed E-state index contributed by atoms with van der Waals surface area (Å²) in [5, 5.41) is 10.2. The van der Waals surface area contributed by atoms with Crippen LogP contribution in [-0.4, -0.2) is 48.4 Å². The first-order chi connectivity index (χ1) is 13.7. The first-order valence-electron chi connectivity index (χ1n) is 9.27. The summed E-state index contributed by atoms with van der Waals surface area (Å²) in [4.78, 5) is 26.7. The molecule has 2 atom stereocenters. The average molecular weight is 498 g/mol. The lowest BCUT2D eigenvalue weighted by Gasteiger charge is -2.44. The van der Waals surface area contributed by atoms with Gasteiger partial charge in [0.25, 0.3) is 0 Å². The van der Waals surface area contributed by atoms with Crippen LogP contribution in [0, 0.1) is 0 Å². The predicted molar refractivity (Wildman–Crippen MR) is 130 cm³/mol. The number of amides is 1. The van der Waals surface area contributed by atoms with Crippen molar-refractivity contribution in [3.8, 4) is 0 Å². The molecule has 0 saturated carbocycles. The first kappa shape index (κ1) is 26.6. The lowest BCUT2D eigenvalue weighted by atomic mass is 10.2. The number of hydrogen-bond acceptors (Lipinski definition) is 6.